The Kier molecular flexibility index (Phi) is 5.56. The average Bonchev–Trinajstić information content (AvgIpc) is 3.09. The van der Waals surface area contributed by atoms with Gasteiger partial charge in [0.05, 0.1) is 23.4 Å². The lowest BCUT2D eigenvalue weighted by Crippen LogP contribution is -2.69. The molecule has 2 amide bonds. The second-order valence-electron chi connectivity index (χ2n) is 8.31. The number of amides is 2. The minimum absolute atomic E-state index is 0.149. The number of nitrogens with two attached hydrogens (primary N) is 1. The Morgan fingerprint density at radius 1 is 1.34 bits per heavy atom. The minimum atomic E-state index is -0.987. The van der Waals surface area contributed by atoms with Gasteiger partial charge in [-0.2, -0.15) is 5.10 Å². The van der Waals surface area contributed by atoms with Gasteiger partial charge >= 0.3 is 0 Å². The predicted octanol–water partition coefficient (Wildman–Crippen LogP) is 2.62. The highest BCUT2D eigenvalue weighted by molar-refractivity contribution is 6.35. The zero-order valence-corrected chi connectivity index (χ0v) is 19.1. The molecule has 1 aliphatic heterocycles. The number of piperazine rings is 1. The molecule has 1 unspecified atom stereocenters. The molecule has 1 saturated heterocycles. The Bertz CT molecular complexity index is 1210. The number of hydrogen-bond donors (Lipinski definition) is 1. The van der Waals surface area contributed by atoms with Crippen LogP contribution in [0.2, 0.25) is 5.02 Å². The smallest absolute Gasteiger partial charge is 0.252 e. The Balaban J connectivity index is 1.81. The fourth-order valence-electron chi connectivity index (χ4n) is 4.31. The zero-order chi connectivity index (χ0) is 23.2. The summed E-state index contributed by atoms with van der Waals surface area (Å²) in [6, 6.07) is 8.98. The number of carbonyl (C=O) groups excluding carboxylic acids is 2. The third-order valence-corrected chi connectivity index (χ3v) is 6.16. The molecule has 0 saturated carbocycles. The minimum Gasteiger partial charge on any atom is -0.382 e. The SMILES string of the molecule is COCC1CN(C(C)=O)C(C)(C)C(=O)N1c1cccc(-c2cc(Cl)c3c(N)ncnn23)c1. The summed E-state index contributed by atoms with van der Waals surface area (Å²) in [7, 11) is 1.58. The third-order valence-electron chi connectivity index (χ3n) is 5.87. The van der Waals surface area contributed by atoms with Crippen molar-refractivity contribution in [2.24, 2.45) is 0 Å². The van der Waals surface area contributed by atoms with E-state index in [1.54, 1.807) is 41.3 Å². The van der Waals surface area contributed by atoms with E-state index in [1.165, 1.54) is 13.3 Å². The van der Waals surface area contributed by atoms with E-state index in [1.807, 2.05) is 24.3 Å². The van der Waals surface area contributed by atoms with Crippen LogP contribution in [-0.2, 0) is 14.3 Å². The van der Waals surface area contributed by atoms with Crippen LogP contribution in [0.15, 0.2) is 36.7 Å². The third kappa shape index (κ3) is 3.47. The summed E-state index contributed by atoms with van der Waals surface area (Å²) < 4.78 is 7.02. The molecule has 1 fully saturated rings. The van der Waals surface area contributed by atoms with Crippen molar-refractivity contribution in [1.82, 2.24) is 19.5 Å². The molecule has 32 heavy (non-hydrogen) atoms. The van der Waals surface area contributed by atoms with Crippen molar-refractivity contribution in [2.45, 2.75) is 32.4 Å². The lowest BCUT2D eigenvalue weighted by atomic mass is 9.93. The van der Waals surface area contributed by atoms with E-state index in [9.17, 15) is 9.59 Å². The van der Waals surface area contributed by atoms with E-state index in [2.05, 4.69) is 10.1 Å². The van der Waals surface area contributed by atoms with E-state index in [-0.39, 0.29) is 23.7 Å². The Morgan fingerprint density at radius 2 is 2.09 bits per heavy atom. The maximum absolute atomic E-state index is 13.6. The van der Waals surface area contributed by atoms with Crippen LogP contribution in [0, 0.1) is 0 Å². The van der Waals surface area contributed by atoms with Crippen LogP contribution in [0.1, 0.15) is 20.8 Å². The summed E-state index contributed by atoms with van der Waals surface area (Å²) in [5.74, 6) is -0.0444. The first-order chi connectivity index (χ1) is 15.2. The van der Waals surface area contributed by atoms with Gasteiger partial charge in [0.15, 0.2) is 5.82 Å². The molecule has 1 atom stereocenters. The van der Waals surface area contributed by atoms with E-state index in [4.69, 9.17) is 22.1 Å². The molecule has 3 aromatic rings. The van der Waals surface area contributed by atoms with Gasteiger partial charge in [-0.05, 0) is 32.0 Å². The molecular weight excluding hydrogens is 432 g/mol. The normalized spacial score (nSPS) is 18.4. The average molecular weight is 457 g/mol. The molecule has 0 spiro atoms. The predicted molar refractivity (Wildman–Crippen MR) is 122 cm³/mol. The van der Waals surface area contributed by atoms with E-state index in [0.717, 1.165) is 11.3 Å². The van der Waals surface area contributed by atoms with Crippen LogP contribution in [0.4, 0.5) is 11.5 Å². The molecule has 2 aromatic heterocycles. The largest absolute Gasteiger partial charge is 0.382 e. The van der Waals surface area contributed by atoms with Gasteiger partial charge in [-0.1, -0.05) is 23.7 Å². The van der Waals surface area contributed by atoms with Crippen LogP contribution >= 0.6 is 11.6 Å². The summed E-state index contributed by atoms with van der Waals surface area (Å²) in [6.07, 6.45) is 1.37. The van der Waals surface area contributed by atoms with Crippen LogP contribution in [0.5, 0.6) is 0 Å². The number of benzene rings is 1. The molecule has 0 aliphatic carbocycles. The molecule has 0 bridgehead atoms. The van der Waals surface area contributed by atoms with Crippen molar-refractivity contribution >= 4 is 40.4 Å². The van der Waals surface area contributed by atoms with Gasteiger partial charge in [0.1, 0.15) is 17.4 Å². The van der Waals surface area contributed by atoms with Gasteiger partial charge in [0.2, 0.25) is 5.91 Å². The van der Waals surface area contributed by atoms with Crippen molar-refractivity contribution in [1.29, 1.82) is 0 Å². The van der Waals surface area contributed by atoms with Gasteiger partial charge in [-0.15, -0.1) is 0 Å². The number of hydrogen-bond acceptors (Lipinski definition) is 6. The molecule has 1 aromatic carbocycles. The van der Waals surface area contributed by atoms with Gasteiger partial charge in [0.25, 0.3) is 5.91 Å². The van der Waals surface area contributed by atoms with Crippen molar-refractivity contribution < 1.29 is 14.3 Å². The van der Waals surface area contributed by atoms with Crippen molar-refractivity contribution in [3.8, 4) is 11.3 Å². The first-order valence-corrected chi connectivity index (χ1v) is 10.5. The highest BCUT2D eigenvalue weighted by Gasteiger charge is 2.47. The quantitative estimate of drug-likeness (QED) is 0.646. The van der Waals surface area contributed by atoms with Gasteiger partial charge in [-0.3, -0.25) is 9.59 Å². The van der Waals surface area contributed by atoms with Crippen molar-refractivity contribution in [3.05, 3.63) is 41.7 Å². The van der Waals surface area contributed by atoms with E-state index >= 15 is 0 Å². The Labute approximate surface area is 190 Å². The number of rotatable bonds is 4. The Hall–Kier alpha value is -3.17. The van der Waals surface area contributed by atoms with Gasteiger partial charge in [-0.25, -0.2) is 9.50 Å². The molecule has 3 heterocycles. The van der Waals surface area contributed by atoms with E-state index in [0.29, 0.717) is 29.4 Å². The second-order valence-corrected chi connectivity index (χ2v) is 8.71. The molecule has 168 valence electrons. The monoisotopic (exact) mass is 456 g/mol. The molecule has 10 heteroatoms. The summed E-state index contributed by atoms with van der Waals surface area (Å²) in [4.78, 5) is 33.1. The number of halogens is 1. The number of anilines is 2. The number of aromatic nitrogens is 3. The molecule has 4 rings (SSSR count). The summed E-state index contributed by atoms with van der Waals surface area (Å²) in [6.45, 7) is 5.66. The molecule has 0 radical (unpaired) electrons. The first-order valence-electron chi connectivity index (χ1n) is 10.2. The summed E-state index contributed by atoms with van der Waals surface area (Å²) in [5.41, 5.74) is 7.73. The molecule has 1 aliphatic rings. The number of methoxy groups -OCH3 is 1. The molecule has 2 N–H and O–H groups in total. The highest BCUT2D eigenvalue weighted by Crippen LogP contribution is 2.35. The maximum Gasteiger partial charge on any atom is 0.252 e. The lowest BCUT2D eigenvalue weighted by Gasteiger charge is -2.49. The van der Waals surface area contributed by atoms with Crippen molar-refractivity contribution in [2.75, 3.05) is 30.9 Å². The van der Waals surface area contributed by atoms with Gasteiger partial charge < -0.3 is 20.3 Å². The van der Waals surface area contributed by atoms with Crippen LogP contribution in [-0.4, -0.2) is 63.2 Å². The Morgan fingerprint density at radius 3 is 2.78 bits per heavy atom. The number of nitrogens with zero attached hydrogens (tertiary/aromatic N) is 5. The van der Waals surface area contributed by atoms with Crippen LogP contribution in [0.25, 0.3) is 16.8 Å². The fraction of sp³-hybridized carbons (Fsp3) is 0.364. The van der Waals surface area contributed by atoms with Crippen LogP contribution in [0.3, 0.4) is 0 Å². The zero-order valence-electron chi connectivity index (χ0n) is 18.4. The fourth-order valence-corrected chi connectivity index (χ4v) is 4.59. The molecular formula is C22H25ClN6O3. The number of carbonyl (C=O) groups is 2. The summed E-state index contributed by atoms with van der Waals surface area (Å²) >= 11 is 6.39. The number of fused-ring (bicyclic) bond motifs is 1. The van der Waals surface area contributed by atoms with Gasteiger partial charge in [0, 0.05) is 31.8 Å². The van der Waals surface area contributed by atoms with Crippen molar-refractivity contribution in [3.63, 3.8) is 0 Å². The highest BCUT2D eigenvalue weighted by atomic mass is 35.5. The summed E-state index contributed by atoms with van der Waals surface area (Å²) in [5, 5.41) is 4.73. The number of nitrogen functional groups attached to an aromatic ring is 1. The maximum atomic E-state index is 13.6. The lowest BCUT2D eigenvalue weighted by molar-refractivity contribution is -0.147. The first kappa shape index (κ1) is 22.0. The molecule has 9 nitrogen and oxygen atoms in total. The van der Waals surface area contributed by atoms with E-state index < -0.39 is 5.54 Å². The standard InChI is InChI=1S/C22H25ClN6O3/c1-13(30)27-10-16(11-32-4)28(21(31)22(27,2)3)15-7-5-6-14(8-15)18-9-17(23)19-20(24)25-12-26-29(18)19/h5-9,12,16H,10-11H2,1-4H3,(H2,24,25,26). The topological polar surface area (TPSA) is 106 Å². The van der Waals surface area contributed by atoms with Crippen LogP contribution < -0.4 is 10.6 Å². The second kappa shape index (κ2) is 8.07. The number of ether oxygens (including phenoxy) is 1.